The predicted octanol–water partition coefficient (Wildman–Crippen LogP) is 3.25. The minimum atomic E-state index is -0.507. The van der Waals surface area contributed by atoms with Crippen LogP contribution in [0.1, 0.15) is 51.9 Å². The summed E-state index contributed by atoms with van der Waals surface area (Å²) in [6.45, 7) is 1.85. The van der Waals surface area contributed by atoms with E-state index < -0.39 is 6.29 Å². The average molecular weight is 330 g/mol. The normalized spacial score (nSPS) is 49.0. The second-order valence-electron chi connectivity index (χ2n) is 8.98. The quantitative estimate of drug-likeness (QED) is 0.451. The van der Waals surface area contributed by atoms with Crippen LogP contribution in [0, 0.1) is 35.5 Å². The molecule has 4 heteroatoms. The van der Waals surface area contributed by atoms with Crippen molar-refractivity contribution in [2.45, 2.75) is 63.8 Å². The third-order valence-corrected chi connectivity index (χ3v) is 7.17. The number of esters is 1. The van der Waals surface area contributed by atoms with Gasteiger partial charge in [-0.2, -0.15) is 0 Å². The lowest BCUT2D eigenvalue weighted by atomic mass is 9.54. The summed E-state index contributed by atoms with van der Waals surface area (Å²) in [7, 11) is 0. The molecule has 6 aliphatic carbocycles. The molecule has 5 fully saturated rings. The number of fused-ring (bicyclic) bond motifs is 2. The van der Waals surface area contributed by atoms with Crippen LogP contribution in [0.4, 0.5) is 0 Å². The molecule has 0 heterocycles. The number of hydrogen-bond donors (Lipinski definition) is 0. The van der Waals surface area contributed by atoms with Gasteiger partial charge in [-0.25, -0.2) is 0 Å². The van der Waals surface area contributed by atoms with Crippen molar-refractivity contribution in [2.75, 3.05) is 0 Å². The fourth-order valence-corrected chi connectivity index (χ4v) is 6.68. The van der Waals surface area contributed by atoms with Crippen molar-refractivity contribution >= 4 is 11.8 Å². The maximum absolute atomic E-state index is 12.5. The number of carbonyl (C=O) groups excluding carboxylic acids is 2. The first-order valence-electron chi connectivity index (χ1n) is 9.62. The summed E-state index contributed by atoms with van der Waals surface area (Å²) in [5.74, 6) is 1.76. The largest absolute Gasteiger partial charge is 0.436 e. The third kappa shape index (κ3) is 2.29. The number of ketones is 1. The Balaban J connectivity index is 1.22. The van der Waals surface area contributed by atoms with Gasteiger partial charge in [0.05, 0.1) is 11.5 Å². The standard InChI is InChI=1S/C20H26O4/c1-11(23-19(22)17-7-15-2-3-16(17)18(15)21)24-20-8-12-4-13(9-20)6-14(5-12)10-20/h2-3,11-17H,4-10H2,1H3. The van der Waals surface area contributed by atoms with Crippen LogP contribution in [-0.2, 0) is 19.1 Å². The van der Waals surface area contributed by atoms with Crippen molar-refractivity contribution in [3.63, 3.8) is 0 Å². The first-order chi connectivity index (χ1) is 11.5. The number of ether oxygens (including phenoxy) is 2. The maximum atomic E-state index is 12.5. The number of Topliss-reactive ketones (excluding diaryl/α,β-unsaturated/α-hetero) is 1. The van der Waals surface area contributed by atoms with E-state index in [1.807, 2.05) is 19.1 Å². The van der Waals surface area contributed by atoms with Crippen molar-refractivity contribution < 1.29 is 19.1 Å². The van der Waals surface area contributed by atoms with Crippen LogP contribution in [0.3, 0.4) is 0 Å². The topological polar surface area (TPSA) is 52.6 Å². The molecule has 0 saturated heterocycles. The van der Waals surface area contributed by atoms with Crippen molar-refractivity contribution in [3.8, 4) is 0 Å². The van der Waals surface area contributed by atoms with Gasteiger partial charge in [0, 0.05) is 11.8 Å². The molecule has 0 aromatic rings. The zero-order valence-corrected chi connectivity index (χ0v) is 14.3. The highest BCUT2D eigenvalue weighted by Crippen LogP contribution is 2.57. The molecule has 4 unspecified atom stereocenters. The predicted molar refractivity (Wildman–Crippen MR) is 86.8 cm³/mol. The molecule has 4 nitrogen and oxygen atoms in total. The number of allylic oxidation sites excluding steroid dienone is 2. The molecule has 130 valence electrons. The lowest BCUT2D eigenvalue weighted by molar-refractivity contribution is -0.247. The maximum Gasteiger partial charge on any atom is 0.312 e. The van der Waals surface area contributed by atoms with Crippen molar-refractivity contribution in [1.29, 1.82) is 0 Å². The van der Waals surface area contributed by atoms with Crippen LogP contribution in [-0.4, -0.2) is 23.6 Å². The molecule has 24 heavy (non-hydrogen) atoms. The van der Waals surface area contributed by atoms with Gasteiger partial charge in [0.15, 0.2) is 0 Å². The van der Waals surface area contributed by atoms with E-state index in [0.29, 0.717) is 6.42 Å². The molecule has 4 atom stereocenters. The average Bonchev–Trinajstić information content (AvgIpc) is 3.00. The molecule has 0 aromatic carbocycles. The molecule has 0 radical (unpaired) electrons. The van der Waals surface area contributed by atoms with Gasteiger partial charge in [-0.15, -0.1) is 0 Å². The summed E-state index contributed by atoms with van der Waals surface area (Å²) in [5, 5.41) is 0. The molecular formula is C20H26O4. The molecule has 6 aliphatic rings. The van der Waals surface area contributed by atoms with Gasteiger partial charge in [0.1, 0.15) is 5.78 Å². The minimum absolute atomic E-state index is 0.0567. The molecule has 5 saturated carbocycles. The second kappa shape index (κ2) is 5.17. The van der Waals surface area contributed by atoms with Crippen LogP contribution in [0.5, 0.6) is 0 Å². The Morgan fingerprint density at radius 3 is 2.21 bits per heavy atom. The summed E-state index contributed by atoms with van der Waals surface area (Å²) in [4.78, 5) is 24.5. The van der Waals surface area contributed by atoms with E-state index in [4.69, 9.17) is 9.47 Å². The van der Waals surface area contributed by atoms with Gasteiger partial charge < -0.3 is 9.47 Å². The monoisotopic (exact) mass is 330 g/mol. The molecule has 0 spiro atoms. The van der Waals surface area contributed by atoms with E-state index in [-0.39, 0.29) is 35.1 Å². The number of rotatable bonds is 4. The molecule has 0 N–H and O–H groups in total. The van der Waals surface area contributed by atoms with Crippen LogP contribution < -0.4 is 0 Å². The fraction of sp³-hybridized carbons (Fsp3) is 0.800. The van der Waals surface area contributed by atoms with Crippen molar-refractivity contribution in [1.82, 2.24) is 0 Å². The zero-order valence-electron chi connectivity index (χ0n) is 14.3. The van der Waals surface area contributed by atoms with Gasteiger partial charge in [-0.3, -0.25) is 9.59 Å². The molecular weight excluding hydrogens is 304 g/mol. The van der Waals surface area contributed by atoms with Crippen LogP contribution in [0.15, 0.2) is 12.2 Å². The summed E-state index contributed by atoms with van der Waals surface area (Å²) < 4.78 is 12.0. The van der Waals surface area contributed by atoms with E-state index >= 15 is 0 Å². The van der Waals surface area contributed by atoms with E-state index in [1.165, 1.54) is 19.3 Å². The van der Waals surface area contributed by atoms with Gasteiger partial charge in [-0.05, 0) is 69.6 Å². The molecule has 6 rings (SSSR count). The van der Waals surface area contributed by atoms with E-state index in [9.17, 15) is 9.59 Å². The van der Waals surface area contributed by atoms with Gasteiger partial charge >= 0.3 is 5.97 Å². The zero-order chi connectivity index (χ0) is 16.5. The lowest BCUT2D eigenvalue weighted by Crippen LogP contribution is -2.53. The summed E-state index contributed by atoms with van der Waals surface area (Å²) in [6.07, 6.45) is 11.4. The van der Waals surface area contributed by atoms with E-state index in [1.54, 1.807) is 0 Å². The van der Waals surface area contributed by atoms with Gasteiger partial charge in [-0.1, -0.05) is 12.2 Å². The molecule has 0 amide bonds. The minimum Gasteiger partial charge on any atom is -0.436 e. The smallest absolute Gasteiger partial charge is 0.312 e. The summed E-state index contributed by atoms with van der Waals surface area (Å²) >= 11 is 0. The van der Waals surface area contributed by atoms with Gasteiger partial charge in [0.25, 0.3) is 0 Å². The highest BCUT2D eigenvalue weighted by Gasteiger charge is 2.53. The molecule has 0 aromatic heterocycles. The Kier molecular flexibility index (Phi) is 3.26. The Hall–Kier alpha value is -1.16. The third-order valence-electron chi connectivity index (χ3n) is 7.17. The van der Waals surface area contributed by atoms with Crippen LogP contribution >= 0.6 is 0 Å². The Morgan fingerprint density at radius 2 is 1.71 bits per heavy atom. The lowest BCUT2D eigenvalue weighted by Gasteiger charge is -2.56. The highest BCUT2D eigenvalue weighted by molar-refractivity contribution is 5.96. The first kappa shape index (κ1) is 15.1. The van der Waals surface area contributed by atoms with E-state index in [0.717, 1.165) is 37.0 Å². The van der Waals surface area contributed by atoms with E-state index in [2.05, 4.69) is 0 Å². The highest BCUT2D eigenvalue weighted by atomic mass is 16.7. The summed E-state index contributed by atoms with van der Waals surface area (Å²) in [6, 6.07) is 0. The van der Waals surface area contributed by atoms with Crippen molar-refractivity contribution in [2.24, 2.45) is 35.5 Å². The number of carbonyl (C=O) groups is 2. The van der Waals surface area contributed by atoms with Gasteiger partial charge in [0.2, 0.25) is 6.29 Å². The SMILES string of the molecule is CC(OC(=O)C1CC2C=CC1C2=O)OC12CC3CC(CC(C3)C1)C2. The Bertz CT molecular complexity index is 571. The fourth-order valence-electron chi connectivity index (χ4n) is 6.68. The molecule has 0 aliphatic heterocycles. The van der Waals surface area contributed by atoms with Crippen LogP contribution in [0.25, 0.3) is 0 Å². The Labute approximate surface area is 143 Å². The Morgan fingerprint density at radius 1 is 1.08 bits per heavy atom. The van der Waals surface area contributed by atoms with Crippen molar-refractivity contribution in [3.05, 3.63) is 12.2 Å². The second-order valence-corrected chi connectivity index (χ2v) is 8.98. The molecule has 6 bridgehead atoms. The first-order valence-corrected chi connectivity index (χ1v) is 9.62. The summed E-state index contributed by atoms with van der Waals surface area (Å²) in [5.41, 5.74) is -0.0567. The number of hydrogen-bond acceptors (Lipinski definition) is 4. The van der Waals surface area contributed by atoms with Crippen LogP contribution in [0.2, 0.25) is 0 Å².